The van der Waals surface area contributed by atoms with Crippen molar-refractivity contribution in [3.63, 3.8) is 0 Å². The van der Waals surface area contributed by atoms with Gasteiger partial charge in [0.15, 0.2) is 0 Å². The standard InChI is InChI=1S/C12H8BrFN2O2/c13-9-6-15-4-3-10(9)16-12(18)8-5-7(14)1-2-11(8)17/h1-6,17H,(H,15,16,18). The van der Waals surface area contributed by atoms with Gasteiger partial charge in [0.25, 0.3) is 5.91 Å². The van der Waals surface area contributed by atoms with Gasteiger partial charge in [-0.3, -0.25) is 9.78 Å². The van der Waals surface area contributed by atoms with Gasteiger partial charge in [-0.05, 0) is 40.2 Å². The highest BCUT2D eigenvalue weighted by molar-refractivity contribution is 9.10. The fourth-order valence-electron chi connectivity index (χ4n) is 1.36. The molecule has 0 aliphatic carbocycles. The largest absolute Gasteiger partial charge is 0.507 e. The number of carbonyl (C=O) groups excluding carboxylic acids is 1. The first-order valence-electron chi connectivity index (χ1n) is 4.97. The number of aromatic nitrogens is 1. The Morgan fingerprint density at radius 1 is 1.39 bits per heavy atom. The number of nitrogens with one attached hydrogen (secondary N) is 1. The molecule has 6 heteroatoms. The second kappa shape index (κ2) is 5.14. The quantitative estimate of drug-likeness (QED) is 0.896. The number of phenolic OH excluding ortho intramolecular Hbond substituents is 1. The second-order valence-corrected chi connectivity index (χ2v) is 4.33. The molecule has 1 heterocycles. The molecule has 2 aromatic rings. The monoisotopic (exact) mass is 310 g/mol. The molecule has 2 rings (SSSR count). The molecule has 0 fully saturated rings. The molecule has 0 atom stereocenters. The van der Waals surface area contributed by atoms with Crippen LogP contribution in [0.15, 0.2) is 41.1 Å². The molecular formula is C12H8BrFN2O2. The van der Waals surface area contributed by atoms with Gasteiger partial charge in [-0.1, -0.05) is 0 Å². The summed E-state index contributed by atoms with van der Waals surface area (Å²) in [6, 6.07) is 4.76. The van der Waals surface area contributed by atoms with Crippen LogP contribution in [0.4, 0.5) is 10.1 Å². The second-order valence-electron chi connectivity index (χ2n) is 3.47. The fraction of sp³-hybridized carbons (Fsp3) is 0. The van der Waals surface area contributed by atoms with Crippen LogP contribution in [-0.2, 0) is 0 Å². The molecule has 0 bridgehead atoms. The number of halogens is 2. The summed E-state index contributed by atoms with van der Waals surface area (Å²) in [6.45, 7) is 0. The normalized spacial score (nSPS) is 10.1. The Morgan fingerprint density at radius 2 is 2.17 bits per heavy atom. The zero-order valence-electron chi connectivity index (χ0n) is 9.02. The third kappa shape index (κ3) is 2.65. The van der Waals surface area contributed by atoms with Crippen LogP contribution in [0.1, 0.15) is 10.4 Å². The van der Waals surface area contributed by atoms with Crippen molar-refractivity contribution in [3.8, 4) is 5.75 Å². The molecule has 4 nitrogen and oxygen atoms in total. The van der Waals surface area contributed by atoms with Crippen LogP contribution in [-0.4, -0.2) is 16.0 Å². The van der Waals surface area contributed by atoms with Crippen molar-refractivity contribution in [1.82, 2.24) is 4.98 Å². The Bertz CT molecular complexity index is 604. The molecule has 1 aromatic heterocycles. The maximum Gasteiger partial charge on any atom is 0.259 e. The van der Waals surface area contributed by atoms with Crippen molar-refractivity contribution < 1.29 is 14.3 Å². The third-order valence-corrected chi connectivity index (χ3v) is 2.86. The van der Waals surface area contributed by atoms with Crippen LogP contribution >= 0.6 is 15.9 Å². The molecule has 0 aliphatic heterocycles. The summed E-state index contributed by atoms with van der Waals surface area (Å²) < 4.78 is 13.6. The van der Waals surface area contributed by atoms with Crippen molar-refractivity contribution in [2.75, 3.05) is 5.32 Å². The summed E-state index contributed by atoms with van der Waals surface area (Å²) in [7, 11) is 0. The molecule has 0 radical (unpaired) electrons. The summed E-state index contributed by atoms with van der Waals surface area (Å²) in [6.07, 6.45) is 3.02. The van der Waals surface area contributed by atoms with Crippen LogP contribution in [0.5, 0.6) is 5.75 Å². The molecule has 0 saturated carbocycles. The lowest BCUT2D eigenvalue weighted by Gasteiger charge is -2.08. The molecule has 18 heavy (non-hydrogen) atoms. The fourth-order valence-corrected chi connectivity index (χ4v) is 1.71. The number of nitrogens with zero attached hydrogens (tertiary/aromatic N) is 1. The van der Waals surface area contributed by atoms with Crippen molar-refractivity contribution in [1.29, 1.82) is 0 Å². The predicted molar refractivity (Wildman–Crippen MR) is 68.0 cm³/mol. The highest BCUT2D eigenvalue weighted by Crippen LogP contribution is 2.23. The molecular weight excluding hydrogens is 303 g/mol. The van der Waals surface area contributed by atoms with Crippen LogP contribution in [0.2, 0.25) is 0 Å². The van der Waals surface area contributed by atoms with E-state index in [1.807, 2.05) is 0 Å². The van der Waals surface area contributed by atoms with Crippen molar-refractivity contribution >= 4 is 27.5 Å². The average molecular weight is 311 g/mol. The highest BCUT2D eigenvalue weighted by Gasteiger charge is 2.13. The molecule has 2 N–H and O–H groups in total. The van der Waals surface area contributed by atoms with Crippen molar-refractivity contribution in [3.05, 3.63) is 52.5 Å². The van der Waals surface area contributed by atoms with Gasteiger partial charge in [0, 0.05) is 12.4 Å². The van der Waals surface area contributed by atoms with E-state index in [0.29, 0.717) is 10.2 Å². The van der Waals surface area contributed by atoms with Gasteiger partial charge in [-0.15, -0.1) is 0 Å². The lowest BCUT2D eigenvalue weighted by atomic mass is 10.2. The topological polar surface area (TPSA) is 62.2 Å². The van der Waals surface area contributed by atoms with Gasteiger partial charge < -0.3 is 10.4 Å². The summed E-state index contributed by atoms with van der Waals surface area (Å²) in [5.74, 6) is -1.47. The smallest absolute Gasteiger partial charge is 0.259 e. The molecule has 1 amide bonds. The highest BCUT2D eigenvalue weighted by atomic mass is 79.9. The van der Waals surface area contributed by atoms with Crippen LogP contribution in [0.25, 0.3) is 0 Å². The first-order valence-corrected chi connectivity index (χ1v) is 5.76. The van der Waals surface area contributed by atoms with E-state index in [-0.39, 0.29) is 11.3 Å². The van der Waals surface area contributed by atoms with Gasteiger partial charge in [-0.25, -0.2) is 4.39 Å². The number of anilines is 1. The number of benzene rings is 1. The van der Waals surface area contributed by atoms with Crippen LogP contribution < -0.4 is 5.32 Å². The zero-order chi connectivity index (χ0) is 13.1. The number of hydrogen-bond acceptors (Lipinski definition) is 3. The number of phenols is 1. The lowest BCUT2D eigenvalue weighted by molar-refractivity contribution is 0.102. The molecule has 0 unspecified atom stereocenters. The summed E-state index contributed by atoms with van der Waals surface area (Å²) in [4.78, 5) is 15.7. The van der Waals surface area contributed by atoms with Gasteiger partial charge in [-0.2, -0.15) is 0 Å². The number of rotatable bonds is 2. The molecule has 0 spiro atoms. The SMILES string of the molecule is O=C(Nc1ccncc1Br)c1cc(F)ccc1O. The van der Waals surface area contributed by atoms with E-state index >= 15 is 0 Å². The number of carbonyl (C=O) groups is 1. The predicted octanol–water partition coefficient (Wildman–Crippen LogP) is 2.94. The van der Waals surface area contributed by atoms with Gasteiger partial charge in [0.2, 0.25) is 0 Å². The van der Waals surface area contributed by atoms with E-state index in [9.17, 15) is 14.3 Å². The van der Waals surface area contributed by atoms with Gasteiger partial charge >= 0.3 is 0 Å². The minimum atomic E-state index is -0.598. The van der Waals surface area contributed by atoms with E-state index in [1.54, 1.807) is 6.07 Å². The molecule has 92 valence electrons. The van der Waals surface area contributed by atoms with E-state index in [0.717, 1.165) is 18.2 Å². The average Bonchev–Trinajstić information content (AvgIpc) is 2.35. The lowest BCUT2D eigenvalue weighted by Crippen LogP contribution is -2.12. The Labute approximate surface area is 111 Å². The third-order valence-electron chi connectivity index (χ3n) is 2.22. The Balaban J connectivity index is 2.28. The van der Waals surface area contributed by atoms with E-state index in [1.165, 1.54) is 12.4 Å². The summed E-state index contributed by atoms with van der Waals surface area (Å²) >= 11 is 3.22. The minimum absolute atomic E-state index is 0.126. The summed E-state index contributed by atoms with van der Waals surface area (Å²) in [5.41, 5.74) is 0.359. The number of hydrogen-bond donors (Lipinski definition) is 2. The first kappa shape index (κ1) is 12.5. The van der Waals surface area contributed by atoms with E-state index in [2.05, 4.69) is 26.2 Å². The van der Waals surface area contributed by atoms with Gasteiger partial charge in [0.1, 0.15) is 11.6 Å². The van der Waals surface area contributed by atoms with Crippen molar-refractivity contribution in [2.24, 2.45) is 0 Å². The van der Waals surface area contributed by atoms with E-state index < -0.39 is 11.7 Å². The Hall–Kier alpha value is -1.95. The maximum atomic E-state index is 13.0. The first-order chi connectivity index (χ1) is 8.58. The Morgan fingerprint density at radius 3 is 2.89 bits per heavy atom. The van der Waals surface area contributed by atoms with Crippen molar-refractivity contribution in [2.45, 2.75) is 0 Å². The zero-order valence-corrected chi connectivity index (χ0v) is 10.6. The number of pyridine rings is 1. The Kier molecular flexibility index (Phi) is 3.57. The summed E-state index contributed by atoms with van der Waals surface area (Å²) in [5, 5.41) is 12.0. The van der Waals surface area contributed by atoms with Crippen LogP contribution in [0.3, 0.4) is 0 Å². The number of aromatic hydroxyl groups is 1. The number of amides is 1. The minimum Gasteiger partial charge on any atom is -0.507 e. The molecule has 0 aliphatic rings. The van der Waals surface area contributed by atoms with Gasteiger partial charge in [0.05, 0.1) is 15.7 Å². The molecule has 1 aromatic carbocycles. The van der Waals surface area contributed by atoms with E-state index in [4.69, 9.17) is 0 Å². The molecule has 0 saturated heterocycles. The maximum absolute atomic E-state index is 13.0. The van der Waals surface area contributed by atoms with Crippen LogP contribution in [0, 0.1) is 5.82 Å².